The highest BCUT2D eigenvalue weighted by atomic mass is 16.5. The Hall–Kier alpha value is -3.02. The Morgan fingerprint density at radius 2 is 1.65 bits per heavy atom. The third-order valence-corrected chi connectivity index (χ3v) is 5.65. The molecule has 2 aromatic carbocycles. The summed E-state index contributed by atoms with van der Waals surface area (Å²) < 4.78 is 11.0. The van der Waals surface area contributed by atoms with Crippen LogP contribution in [0.15, 0.2) is 42.5 Å². The number of nitrogens with zero attached hydrogens (tertiary/aromatic N) is 1. The second-order valence-electron chi connectivity index (χ2n) is 8.01. The van der Waals surface area contributed by atoms with Crippen molar-refractivity contribution >= 4 is 11.8 Å². The molecule has 3 rings (SSSR count). The summed E-state index contributed by atoms with van der Waals surface area (Å²) in [7, 11) is 0. The Morgan fingerprint density at radius 3 is 2.29 bits per heavy atom. The second kappa shape index (κ2) is 10.8. The van der Waals surface area contributed by atoms with Crippen LogP contribution in [-0.2, 0) is 16.0 Å². The van der Waals surface area contributed by atoms with Crippen molar-refractivity contribution in [1.82, 2.24) is 10.2 Å². The van der Waals surface area contributed by atoms with E-state index in [0.717, 1.165) is 29.7 Å². The van der Waals surface area contributed by atoms with Crippen LogP contribution in [0, 0.1) is 13.8 Å². The van der Waals surface area contributed by atoms with Crippen molar-refractivity contribution in [3.8, 4) is 11.5 Å². The van der Waals surface area contributed by atoms with E-state index in [9.17, 15) is 9.59 Å². The maximum Gasteiger partial charge on any atom is 0.258 e. The number of hydrogen-bond acceptors (Lipinski definition) is 4. The molecular weight excluding hydrogens is 392 g/mol. The van der Waals surface area contributed by atoms with Crippen molar-refractivity contribution in [2.45, 2.75) is 46.1 Å². The molecule has 2 aromatic rings. The Balaban J connectivity index is 1.38. The Kier molecular flexibility index (Phi) is 7.93. The first-order valence-corrected chi connectivity index (χ1v) is 10.9. The highest BCUT2D eigenvalue weighted by Crippen LogP contribution is 2.17. The average Bonchev–Trinajstić information content (AvgIpc) is 2.76. The Labute approximate surface area is 184 Å². The minimum Gasteiger partial charge on any atom is -0.494 e. The number of rotatable bonds is 8. The van der Waals surface area contributed by atoms with Crippen molar-refractivity contribution in [3.05, 3.63) is 59.2 Å². The third kappa shape index (κ3) is 6.74. The van der Waals surface area contributed by atoms with Crippen molar-refractivity contribution < 1.29 is 19.1 Å². The van der Waals surface area contributed by atoms with Gasteiger partial charge in [-0.2, -0.15) is 0 Å². The lowest BCUT2D eigenvalue weighted by Gasteiger charge is -2.32. The van der Waals surface area contributed by atoms with Crippen LogP contribution in [0.4, 0.5) is 0 Å². The minimum absolute atomic E-state index is 0.000608. The molecule has 0 aromatic heterocycles. The zero-order valence-electron chi connectivity index (χ0n) is 18.6. The fourth-order valence-corrected chi connectivity index (χ4v) is 3.65. The van der Waals surface area contributed by atoms with Gasteiger partial charge in [-0.05, 0) is 74.6 Å². The van der Waals surface area contributed by atoms with Crippen LogP contribution in [0.2, 0.25) is 0 Å². The summed E-state index contributed by atoms with van der Waals surface area (Å²) in [6.45, 7) is 7.94. The van der Waals surface area contributed by atoms with Gasteiger partial charge in [-0.15, -0.1) is 0 Å². The first-order chi connectivity index (χ1) is 14.9. The van der Waals surface area contributed by atoms with Crippen LogP contribution < -0.4 is 14.8 Å². The van der Waals surface area contributed by atoms with Crippen molar-refractivity contribution in [2.24, 2.45) is 0 Å². The molecule has 1 heterocycles. The lowest BCUT2D eigenvalue weighted by atomic mass is 10.0. The van der Waals surface area contributed by atoms with Crippen LogP contribution >= 0.6 is 0 Å². The van der Waals surface area contributed by atoms with Crippen molar-refractivity contribution in [1.29, 1.82) is 0 Å². The number of piperidine rings is 1. The quantitative estimate of drug-likeness (QED) is 0.705. The second-order valence-corrected chi connectivity index (χ2v) is 8.01. The summed E-state index contributed by atoms with van der Waals surface area (Å²) in [6, 6.07) is 13.5. The van der Waals surface area contributed by atoms with E-state index in [-0.39, 0.29) is 24.5 Å². The van der Waals surface area contributed by atoms with Crippen LogP contribution in [-0.4, -0.2) is 49.1 Å². The highest BCUT2D eigenvalue weighted by Gasteiger charge is 2.24. The maximum atomic E-state index is 12.6. The van der Waals surface area contributed by atoms with E-state index in [2.05, 4.69) is 5.32 Å². The molecule has 1 aliphatic heterocycles. The number of likely N-dealkylation sites (tertiary alicyclic amines) is 1. The van der Waals surface area contributed by atoms with Crippen LogP contribution in [0.25, 0.3) is 0 Å². The van der Waals surface area contributed by atoms with Gasteiger partial charge in [-0.1, -0.05) is 18.2 Å². The number of benzene rings is 2. The first-order valence-electron chi connectivity index (χ1n) is 10.9. The average molecular weight is 425 g/mol. The molecule has 31 heavy (non-hydrogen) atoms. The van der Waals surface area contributed by atoms with Gasteiger partial charge in [-0.25, -0.2) is 0 Å². The molecule has 0 bridgehead atoms. The molecule has 1 fully saturated rings. The molecule has 0 saturated carbocycles. The van der Waals surface area contributed by atoms with Gasteiger partial charge in [0.2, 0.25) is 5.91 Å². The molecule has 0 atom stereocenters. The Morgan fingerprint density at radius 1 is 0.968 bits per heavy atom. The molecule has 1 saturated heterocycles. The van der Waals surface area contributed by atoms with E-state index >= 15 is 0 Å². The van der Waals surface area contributed by atoms with Gasteiger partial charge in [0.25, 0.3) is 5.91 Å². The topological polar surface area (TPSA) is 67.9 Å². The van der Waals surface area contributed by atoms with E-state index in [0.29, 0.717) is 31.9 Å². The fourth-order valence-electron chi connectivity index (χ4n) is 3.65. The third-order valence-electron chi connectivity index (χ3n) is 5.65. The molecule has 1 N–H and O–H groups in total. The van der Waals surface area contributed by atoms with E-state index < -0.39 is 0 Å². The standard InChI is InChI=1S/C25H32N2O4/c1-4-30-22-9-6-20(7-10-22)16-25(29)27-13-11-21(12-14-27)26-24(28)17-31-23-8-5-18(2)19(3)15-23/h5-10,15,21H,4,11-14,16-17H2,1-3H3,(H,26,28). The zero-order valence-corrected chi connectivity index (χ0v) is 18.6. The number of aryl methyl sites for hydroxylation is 2. The summed E-state index contributed by atoms with van der Waals surface area (Å²) in [5.41, 5.74) is 3.31. The number of carbonyl (C=O) groups is 2. The van der Waals surface area contributed by atoms with Gasteiger partial charge in [0.15, 0.2) is 6.61 Å². The van der Waals surface area contributed by atoms with E-state index in [1.54, 1.807) is 0 Å². The van der Waals surface area contributed by atoms with Crippen molar-refractivity contribution in [3.63, 3.8) is 0 Å². The van der Waals surface area contributed by atoms with E-state index in [1.165, 1.54) is 5.56 Å². The predicted octanol–water partition coefficient (Wildman–Crippen LogP) is 3.43. The number of carbonyl (C=O) groups excluding carboxylic acids is 2. The molecular formula is C25H32N2O4. The minimum atomic E-state index is -0.127. The highest BCUT2D eigenvalue weighted by molar-refractivity contribution is 5.79. The SMILES string of the molecule is CCOc1ccc(CC(=O)N2CCC(NC(=O)COc3ccc(C)c(C)c3)CC2)cc1. The molecule has 6 heteroatoms. The largest absolute Gasteiger partial charge is 0.494 e. The first kappa shape index (κ1) is 22.7. The monoisotopic (exact) mass is 424 g/mol. The summed E-state index contributed by atoms with van der Waals surface area (Å²) >= 11 is 0. The molecule has 6 nitrogen and oxygen atoms in total. The maximum absolute atomic E-state index is 12.6. The number of nitrogens with one attached hydrogen (secondary N) is 1. The van der Waals surface area contributed by atoms with Gasteiger partial charge in [0, 0.05) is 19.1 Å². The van der Waals surface area contributed by atoms with Gasteiger partial charge in [0.1, 0.15) is 11.5 Å². The molecule has 1 aliphatic rings. The van der Waals surface area contributed by atoms with E-state index in [1.807, 2.05) is 68.1 Å². The number of amides is 2. The van der Waals surface area contributed by atoms with Gasteiger partial charge in [0.05, 0.1) is 13.0 Å². The van der Waals surface area contributed by atoms with E-state index in [4.69, 9.17) is 9.47 Å². The smallest absolute Gasteiger partial charge is 0.258 e. The normalized spacial score (nSPS) is 14.2. The fraction of sp³-hybridized carbons (Fsp3) is 0.440. The molecule has 0 radical (unpaired) electrons. The molecule has 0 unspecified atom stereocenters. The van der Waals surface area contributed by atoms with Gasteiger partial charge in [-0.3, -0.25) is 9.59 Å². The van der Waals surface area contributed by atoms with Gasteiger partial charge < -0.3 is 19.7 Å². The lowest BCUT2D eigenvalue weighted by molar-refractivity contribution is -0.131. The summed E-state index contributed by atoms with van der Waals surface area (Å²) in [4.78, 5) is 26.7. The Bertz CT molecular complexity index is 887. The van der Waals surface area contributed by atoms with Crippen molar-refractivity contribution in [2.75, 3.05) is 26.3 Å². The van der Waals surface area contributed by atoms with Gasteiger partial charge >= 0.3 is 0 Å². The summed E-state index contributed by atoms with van der Waals surface area (Å²) in [6.07, 6.45) is 1.89. The van der Waals surface area contributed by atoms with Crippen LogP contribution in [0.5, 0.6) is 11.5 Å². The summed E-state index contributed by atoms with van der Waals surface area (Å²) in [5.74, 6) is 1.51. The number of ether oxygens (including phenoxy) is 2. The van der Waals surface area contributed by atoms with Crippen LogP contribution in [0.3, 0.4) is 0 Å². The predicted molar refractivity (Wildman–Crippen MR) is 120 cm³/mol. The lowest BCUT2D eigenvalue weighted by Crippen LogP contribution is -2.47. The molecule has 0 aliphatic carbocycles. The van der Waals surface area contributed by atoms with Crippen LogP contribution in [0.1, 0.15) is 36.5 Å². The molecule has 2 amide bonds. The molecule has 166 valence electrons. The summed E-state index contributed by atoms with van der Waals surface area (Å²) in [5, 5.41) is 3.03. The molecule has 0 spiro atoms. The zero-order chi connectivity index (χ0) is 22.2. The number of hydrogen-bond donors (Lipinski definition) is 1.